The van der Waals surface area contributed by atoms with Gasteiger partial charge in [-0.2, -0.15) is 0 Å². The minimum atomic E-state index is 0. The Bertz CT molecular complexity index is 142. The zero-order valence-corrected chi connectivity index (χ0v) is 7.48. The summed E-state index contributed by atoms with van der Waals surface area (Å²) < 4.78 is 0. The van der Waals surface area contributed by atoms with Crippen LogP contribution in [0.25, 0.3) is 0 Å². The van der Waals surface area contributed by atoms with Crippen LogP contribution in [-0.4, -0.2) is 4.98 Å². The van der Waals surface area contributed by atoms with Crippen molar-refractivity contribution < 1.29 is 29.6 Å². The van der Waals surface area contributed by atoms with Gasteiger partial charge in [0.05, 0.1) is 0 Å². The molecule has 1 heterocycles. The summed E-state index contributed by atoms with van der Waals surface area (Å²) in [5, 5.41) is 0.655. The molecule has 0 aromatic carbocycles. The fourth-order valence-electron chi connectivity index (χ4n) is 0.347. The van der Waals surface area contributed by atoms with E-state index in [1.54, 1.807) is 12.3 Å². The van der Waals surface area contributed by atoms with E-state index in [1.165, 1.54) is 0 Å². The Balaban J connectivity index is 0.000000490. The zero-order valence-electron chi connectivity index (χ0n) is 4.66. The van der Waals surface area contributed by atoms with Crippen LogP contribution >= 0.6 is 0 Å². The molecule has 0 saturated carbocycles. The zero-order chi connectivity index (χ0) is 5.11. The first-order chi connectivity index (χ1) is 3.39. The van der Waals surface area contributed by atoms with E-state index in [0.29, 0.717) is 5.03 Å². The summed E-state index contributed by atoms with van der Waals surface area (Å²) in [7, 11) is 0. The van der Waals surface area contributed by atoms with Gasteiger partial charge < -0.3 is 12.6 Å². The summed E-state index contributed by atoms with van der Waals surface area (Å²) in [5.74, 6) is 0. The maximum Gasteiger partial charge on any atom is 1.00 e. The van der Waals surface area contributed by atoms with E-state index in [4.69, 9.17) is 12.6 Å². The second-order valence-electron chi connectivity index (χ2n) is 1.17. The number of hydrogen-bond donors (Lipinski definition) is 0. The van der Waals surface area contributed by atoms with Gasteiger partial charge in [0, 0.05) is 6.20 Å². The van der Waals surface area contributed by atoms with Crippen LogP contribution in [0.15, 0.2) is 29.4 Å². The van der Waals surface area contributed by atoms with Crippen molar-refractivity contribution in [2.45, 2.75) is 5.03 Å². The summed E-state index contributed by atoms with van der Waals surface area (Å²) in [5.41, 5.74) is 0. The predicted octanol–water partition coefficient (Wildman–Crippen LogP) is -2.01. The summed E-state index contributed by atoms with van der Waals surface area (Å²) >= 11 is 4.70. The van der Waals surface area contributed by atoms with Crippen LogP contribution in [0.3, 0.4) is 0 Å². The van der Waals surface area contributed by atoms with Crippen molar-refractivity contribution in [1.82, 2.24) is 4.98 Å². The first-order valence-corrected chi connectivity index (χ1v) is 2.38. The molecule has 1 aromatic heterocycles. The van der Waals surface area contributed by atoms with Crippen LogP contribution in [0.1, 0.15) is 0 Å². The second kappa shape index (κ2) is 4.27. The van der Waals surface area contributed by atoms with Crippen molar-refractivity contribution >= 4 is 12.6 Å². The molecule has 0 aliphatic carbocycles. The van der Waals surface area contributed by atoms with Gasteiger partial charge in [0.15, 0.2) is 0 Å². The average Bonchev–Trinajstić information content (AvgIpc) is 1.69. The maximum atomic E-state index is 4.70. The fraction of sp³-hybridized carbons (Fsp3) is 0. The molecule has 0 spiro atoms. The first-order valence-electron chi connectivity index (χ1n) is 1.97. The normalized spacial score (nSPS) is 7.50. The van der Waals surface area contributed by atoms with E-state index in [2.05, 4.69) is 4.98 Å². The number of nitrogens with zero attached hydrogens (tertiary/aromatic N) is 1. The molecule has 0 N–H and O–H groups in total. The smallest absolute Gasteiger partial charge is 0.760 e. The van der Waals surface area contributed by atoms with Crippen LogP contribution in [-0.2, 0) is 12.6 Å². The summed E-state index contributed by atoms with van der Waals surface area (Å²) in [6.07, 6.45) is 1.68. The molecule has 0 fully saturated rings. The Hall–Kier alpha value is 0.370. The molecule has 0 aliphatic rings. The summed E-state index contributed by atoms with van der Waals surface area (Å²) in [4.78, 5) is 3.79. The van der Waals surface area contributed by atoms with Gasteiger partial charge in [-0.05, 0) is 6.07 Å². The molecule has 0 aliphatic heterocycles. The average molecular weight is 133 g/mol. The van der Waals surface area contributed by atoms with Crippen molar-refractivity contribution in [3.05, 3.63) is 24.4 Å². The molecule has 8 heavy (non-hydrogen) atoms. The van der Waals surface area contributed by atoms with Crippen LogP contribution in [0, 0.1) is 0 Å². The molecule has 1 rings (SSSR count). The molecular weight excluding hydrogens is 129 g/mol. The monoisotopic (exact) mass is 133 g/mol. The molecule has 0 amide bonds. The Morgan fingerprint density at radius 2 is 2.12 bits per heavy atom. The topological polar surface area (TPSA) is 12.9 Å². The minimum Gasteiger partial charge on any atom is -0.760 e. The van der Waals surface area contributed by atoms with Crippen molar-refractivity contribution in [3.8, 4) is 0 Å². The van der Waals surface area contributed by atoms with Gasteiger partial charge in [-0.3, -0.25) is 4.98 Å². The van der Waals surface area contributed by atoms with E-state index in [1.807, 2.05) is 12.1 Å². The van der Waals surface area contributed by atoms with Gasteiger partial charge in [0.1, 0.15) is 0 Å². The first kappa shape index (κ1) is 8.37. The summed E-state index contributed by atoms with van der Waals surface area (Å²) in [6, 6.07) is 5.50. The Labute approximate surface area is 76.2 Å². The van der Waals surface area contributed by atoms with E-state index in [0.717, 1.165) is 0 Å². The Morgan fingerprint density at radius 1 is 1.38 bits per heavy atom. The van der Waals surface area contributed by atoms with Crippen LogP contribution in [0.4, 0.5) is 0 Å². The van der Waals surface area contributed by atoms with Crippen molar-refractivity contribution in [2.75, 3.05) is 0 Å². The van der Waals surface area contributed by atoms with Crippen molar-refractivity contribution in [3.63, 3.8) is 0 Å². The Kier molecular flexibility index (Phi) is 4.47. The molecule has 0 saturated heterocycles. The molecule has 3 heteroatoms. The molecule has 1 nitrogen and oxygen atoms in total. The third kappa shape index (κ3) is 2.62. The fourth-order valence-corrected chi connectivity index (χ4v) is 0.487. The van der Waals surface area contributed by atoms with Crippen molar-refractivity contribution in [1.29, 1.82) is 0 Å². The molecular formula is C5H4NNaS. The van der Waals surface area contributed by atoms with Crippen LogP contribution in [0.2, 0.25) is 0 Å². The standard InChI is InChI=1S/C5H5NS.Na/c7-5-3-1-2-4-6-5;/h1-4H,(H,6,7);/q;+1/p-1. The number of hydrogen-bond acceptors (Lipinski definition) is 2. The maximum absolute atomic E-state index is 4.70. The number of aromatic nitrogens is 1. The van der Waals surface area contributed by atoms with E-state index in [9.17, 15) is 0 Å². The van der Waals surface area contributed by atoms with Gasteiger partial charge in [0.25, 0.3) is 0 Å². The largest absolute Gasteiger partial charge is 1.00 e. The number of pyridine rings is 1. The quantitative estimate of drug-likeness (QED) is 0.300. The van der Waals surface area contributed by atoms with Crippen LogP contribution in [0.5, 0.6) is 0 Å². The third-order valence-electron chi connectivity index (χ3n) is 0.638. The van der Waals surface area contributed by atoms with Gasteiger partial charge in [-0.25, -0.2) is 0 Å². The number of rotatable bonds is 0. The molecule has 0 radical (unpaired) electrons. The van der Waals surface area contributed by atoms with E-state index < -0.39 is 0 Å². The van der Waals surface area contributed by atoms with Gasteiger partial charge in [-0.1, -0.05) is 17.2 Å². The summed E-state index contributed by atoms with van der Waals surface area (Å²) in [6.45, 7) is 0. The van der Waals surface area contributed by atoms with Gasteiger partial charge in [-0.15, -0.1) is 0 Å². The van der Waals surface area contributed by atoms with Gasteiger partial charge in [0.2, 0.25) is 0 Å². The minimum absolute atomic E-state index is 0. The second-order valence-corrected chi connectivity index (χ2v) is 1.59. The molecule has 0 atom stereocenters. The SMILES string of the molecule is [Na+].[S-]c1ccccn1. The molecule has 1 aromatic rings. The van der Waals surface area contributed by atoms with Crippen molar-refractivity contribution in [2.24, 2.45) is 0 Å². The third-order valence-corrected chi connectivity index (χ3v) is 0.879. The van der Waals surface area contributed by atoms with Gasteiger partial charge >= 0.3 is 29.6 Å². The molecule has 0 bridgehead atoms. The molecule has 36 valence electrons. The van der Waals surface area contributed by atoms with E-state index >= 15 is 0 Å². The molecule has 0 unspecified atom stereocenters. The van der Waals surface area contributed by atoms with E-state index in [-0.39, 0.29) is 29.6 Å². The van der Waals surface area contributed by atoms with Crippen LogP contribution < -0.4 is 29.6 Å². The predicted molar refractivity (Wildman–Crippen MR) is 29.9 cm³/mol. The Morgan fingerprint density at radius 3 is 2.38 bits per heavy atom.